The van der Waals surface area contributed by atoms with Crippen LogP contribution in [0.25, 0.3) is 10.9 Å². The van der Waals surface area contributed by atoms with E-state index in [4.69, 9.17) is 4.84 Å². The van der Waals surface area contributed by atoms with Crippen molar-refractivity contribution in [3.05, 3.63) is 81.6 Å². The van der Waals surface area contributed by atoms with Crippen LogP contribution in [0.5, 0.6) is 0 Å². The molecule has 0 aliphatic carbocycles. The minimum Gasteiger partial charge on any atom is -0.618 e. The molecule has 0 unspecified atom stereocenters. The lowest BCUT2D eigenvalue weighted by Gasteiger charge is -2.49. The van der Waals surface area contributed by atoms with Crippen LogP contribution in [0.1, 0.15) is 55.5 Å². The normalized spacial score (nSPS) is 19.0. The molecule has 7 nitrogen and oxygen atoms in total. The van der Waals surface area contributed by atoms with Gasteiger partial charge in [-0.2, -0.15) is 4.73 Å². The first-order chi connectivity index (χ1) is 18.4. The third-order valence-corrected chi connectivity index (χ3v) is 8.77. The van der Waals surface area contributed by atoms with Gasteiger partial charge in [0.25, 0.3) is 5.91 Å². The van der Waals surface area contributed by atoms with Crippen LogP contribution in [0, 0.1) is 11.1 Å². The zero-order valence-electron chi connectivity index (χ0n) is 22.1. The maximum Gasteiger partial charge on any atom is 0.254 e. The summed E-state index contributed by atoms with van der Waals surface area (Å²) in [5.41, 5.74) is 3.35. The van der Waals surface area contributed by atoms with Crippen molar-refractivity contribution in [3.63, 3.8) is 0 Å². The Morgan fingerprint density at radius 3 is 2.47 bits per heavy atom. The van der Waals surface area contributed by atoms with Gasteiger partial charge < -0.3 is 14.9 Å². The molecule has 5 rings (SSSR count). The number of halogens is 1. The molecule has 200 valence electrons. The highest BCUT2D eigenvalue weighted by Gasteiger charge is 2.39. The average molecular weight is 580 g/mol. The van der Waals surface area contributed by atoms with E-state index >= 15 is 0 Å². The van der Waals surface area contributed by atoms with Gasteiger partial charge in [-0.25, -0.2) is 0 Å². The van der Waals surface area contributed by atoms with E-state index in [-0.39, 0.29) is 11.4 Å². The maximum atomic E-state index is 13.4. The Morgan fingerprint density at radius 2 is 1.79 bits per heavy atom. The molecule has 2 aliphatic rings. The summed E-state index contributed by atoms with van der Waals surface area (Å²) < 4.78 is 1.88. The molecule has 0 N–H and O–H groups in total. The first-order valence-corrected chi connectivity index (χ1v) is 14.3. The summed E-state index contributed by atoms with van der Waals surface area (Å²) in [6.45, 7) is 8.30. The number of benzene rings is 2. The fourth-order valence-corrected chi connectivity index (χ4v) is 6.16. The number of fused-ring (bicyclic) bond motifs is 1. The van der Waals surface area contributed by atoms with Crippen LogP contribution in [-0.2, 0) is 4.84 Å². The van der Waals surface area contributed by atoms with Crippen LogP contribution >= 0.6 is 15.9 Å². The van der Waals surface area contributed by atoms with Gasteiger partial charge in [0, 0.05) is 41.2 Å². The molecular formula is C30H35BrN4O3. The molecule has 2 saturated heterocycles. The summed E-state index contributed by atoms with van der Waals surface area (Å²) >= 11 is 3.52. The smallest absolute Gasteiger partial charge is 0.254 e. The van der Waals surface area contributed by atoms with Crippen molar-refractivity contribution in [3.8, 4) is 0 Å². The Bertz CT molecular complexity index is 1310. The number of carbonyl (C=O) groups is 1. The third kappa shape index (κ3) is 5.43. The van der Waals surface area contributed by atoms with Gasteiger partial charge in [0.2, 0.25) is 5.52 Å². The van der Waals surface area contributed by atoms with Crippen LogP contribution in [0.3, 0.4) is 0 Å². The number of pyridine rings is 1. The Hall–Kier alpha value is -2.97. The SMILES string of the molecule is CCO/N=C(\c1ccc(Br)cc1)C1CCN(C2(C)CCN(C(=O)c3cccc4c3ccc[n+]4[O-])CC2)CC1. The van der Waals surface area contributed by atoms with Crippen molar-refractivity contribution in [2.24, 2.45) is 11.1 Å². The molecule has 38 heavy (non-hydrogen) atoms. The largest absolute Gasteiger partial charge is 0.618 e. The standard InChI is InChI=1S/C30H35BrN4O3/c1-3-38-32-28(22-9-11-24(31)12-10-22)23-13-18-34(19-14-23)30(2)15-20-33(21-16-30)29(36)26-6-4-8-27-25(26)7-5-17-35(27)37/h4-12,17,23H,3,13-16,18-21H2,1-2H3/b32-28+. The van der Waals surface area contributed by atoms with Crippen LogP contribution in [0.15, 0.2) is 70.4 Å². The van der Waals surface area contributed by atoms with Crippen molar-refractivity contribution in [2.45, 2.75) is 45.1 Å². The van der Waals surface area contributed by atoms with Gasteiger partial charge in [-0.15, -0.1) is 0 Å². The highest BCUT2D eigenvalue weighted by molar-refractivity contribution is 9.10. The van der Waals surface area contributed by atoms with E-state index in [2.05, 4.69) is 57.2 Å². The van der Waals surface area contributed by atoms with E-state index in [1.807, 2.05) is 24.0 Å². The molecule has 0 atom stereocenters. The fourth-order valence-electron chi connectivity index (χ4n) is 5.89. The number of amides is 1. The molecule has 1 aromatic heterocycles. The highest BCUT2D eigenvalue weighted by atomic mass is 79.9. The van der Waals surface area contributed by atoms with Crippen molar-refractivity contribution in [2.75, 3.05) is 32.8 Å². The maximum absolute atomic E-state index is 13.4. The molecule has 8 heteroatoms. The quantitative estimate of drug-likeness (QED) is 0.170. The van der Waals surface area contributed by atoms with Gasteiger partial charge in [-0.1, -0.05) is 39.3 Å². The molecule has 2 aromatic carbocycles. The fraction of sp³-hybridized carbons (Fsp3) is 0.433. The molecule has 0 spiro atoms. The van der Waals surface area contributed by atoms with E-state index in [0.29, 0.717) is 42.1 Å². The second kappa shape index (κ2) is 11.4. The summed E-state index contributed by atoms with van der Waals surface area (Å²) in [6.07, 6.45) is 5.40. The lowest BCUT2D eigenvalue weighted by Crippen LogP contribution is -2.56. The Balaban J connectivity index is 1.22. The summed E-state index contributed by atoms with van der Waals surface area (Å²) in [7, 11) is 0. The summed E-state index contributed by atoms with van der Waals surface area (Å²) in [4.78, 5) is 23.5. The molecular weight excluding hydrogens is 544 g/mol. The number of piperidine rings is 2. The Labute approximate surface area is 232 Å². The minimum absolute atomic E-state index is 0.00818. The second-order valence-corrected chi connectivity index (χ2v) is 11.4. The van der Waals surface area contributed by atoms with E-state index < -0.39 is 0 Å². The predicted octanol–water partition coefficient (Wildman–Crippen LogP) is 5.38. The molecule has 3 aromatic rings. The van der Waals surface area contributed by atoms with Crippen molar-refractivity contribution >= 4 is 38.5 Å². The average Bonchev–Trinajstić information content (AvgIpc) is 2.94. The minimum atomic E-state index is 0.00818. The van der Waals surface area contributed by atoms with Gasteiger partial charge in [0.15, 0.2) is 6.20 Å². The van der Waals surface area contributed by atoms with E-state index in [1.54, 1.807) is 18.2 Å². The zero-order chi connectivity index (χ0) is 26.7. The van der Waals surface area contributed by atoms with E-state index in [0.717, 1.165) is 59.3 Å². The van der Waals surface area contributed by atoms with Crippen LogP contribution in [0.2, 0.25) is 0 Å². The number of hydrogen-bond acceptors (Lipinski definition) is 5. The Kier molecular flexibility index (Phi) is 8.00. The van der Waals surface area contributed by atoms with E-state index in [1.165, 1.54) is 6.20 Å². The number of carbonyl (C=O) groups excluding carboxylic acids is 1. The first kappa shape index (κ1) is 26.6. The molecule has 3 heterocycles. The number of nitrogens with zero attached hydrogens (tertiary/aromatic N) is 4. The van der Waals surface area contributed by atoms with Crippen molar-refractivity contribution in [1.29, 1.82) is 0 Å². The lowest BCUT2D eigenvalue weighted by atomic mass is 9.82. The highest BCUT2D eigenvalue weighted by Crippen LogP contribution is 2.34. The summed E-state index contributed by atoms with van der Waals surface area (Å²) in [6, 6.07) is 17.3. The predicted molar refractivity (Wildman–Crippen MR) is 153 cm³/mol. The molecule has 0 bridgehead atoms. The topological polar surface area (TPSA) is 72.1 Å². The molecule has 2 fully saturated rings. The monoisotopic (exact) mass is 578 g/mol. The molecule has 0 saturated carbocycles. The van der Waals surface area contributed by atoms with Crippen LogP contribution in [-0.4, -0.2) is 59.7 Å². The number of hydrogen-bond donors (Lipinski definition) is 0. The van der Waals surface area contributed by atoms with Gasteiger partial charge in [0.1, 0.15) is 6.61 Å². The van der Waals surface area contributed by atoms with Crippen LogP contribution in [0.4, 0.5) is 0 Å². The number of rotatable bonds is 6. The van der Waals surface area contributed by atoms with Crippen molar-refractivity contribution < 1.29 is 14.4 Å². The number of oxime groups is 1. The van der Waals surface area contributed by atoms with Crippen LogP contribution < -0.4 is 4.73 Å². The van der Waals surface area contributed by atoms with Gasteiger partial charge in [0.05, 0.1) is 16.7 Å². The van der Waals surface area contributed by atoms with Gasteiger partial charge in [-0.3, -0.25) is 9.69 Å². The molecule has 2 aliphatic heterocycles. The number of aromatic nitrogens is 1. The van der Waals surface area contributed by atoms with Gasteiger partial charge >= 0.3 is 0 Å². The van der Waals surface area contributed by atoms with Gasteiger partial charge in [-0.05, 0) is 82.4 Å². The summed E-state index contributed by atoms with van der Waals surface area (Å²) in [5, 5.41) is 17.4. The molecule has 0 radical (unpaired) electrons. The number of likely N-dealkylation sites (tertiary alicyclic amines) is 2. The summed E-state index contributed by atoms with van der Waals surface area (Å²) in [5.74, 6) is 0.369. The third-order valence-electron chi connectivity index (χ3n) is 8.24. The lowest BCUT2D eigenvalue weighted by molar-refractivity contribution is -0.577. The Morgan fingerprint density at radius 1 is 1.08 bits per heavy atom. The first-order valence-electron chi connectivity index (χ1n) is 13.5. The second-order valence-electron chi connectivity index (χ2n) is 10.5. The van der Waals surface area contributed by atoms with Crippen molar-refractivity contribution in [1.82, 2.24) is 9.80 Å². The zero-order valence-corrected chi connectivity index (χ0v) is 23.7. The van der Waals surface area contributed by atoms with E-state index in [9.17, 15) is 10.0 Å². The molecule has 1 amide bonds.